The molecule has 0 unspecified atom stereocenters. The number of amides is 1. The third-order valence-corrected chi connectivity index (χ3v) is 4.09. The molecule has 25 heavy (non-hydrogen) atoms. The van der Waals surface area contributed by atoms with E-state index in [0.717, 1.165) is 16.8 Å². The zero-order valence-electron chi connectivity index (χ0n) is 14.1. The molecular formula is C19H20FN3O2. The van der Waals surface area contributed by atoms with Crippen LogP contribution in [0.3, 0.4) is 0 Å². The third-order valence-electron chi connectivity index (χ3n) is 4.09. The van der Waals surface area contributed by atoms with Crippen molar-refractivity contribution in [2.45, 2.75) is 32.4 Å². The van der Waals surface area contributed by atoms with Gasteiger partial charge in [-0.05, 0) is 29.8 Å². The summed E-state index contributed by atoms with van der Waals surface area (Å²) in [7, 11) is 0. The highest BCUT2D eigenvalue weighted by atomic mass is 19.1. The molecule has 3 rings (SSSR count). The van der Waals surface area contributed by atoms with Crippen LogP contribution in [0.25, 0.3) is 0 Å². The van der Waals surface area contributed by atoms with Gasteiger partial charge in [0.15, 0.2) is 6.10 Å². The summed E-state index contributed by atoms with van der Waals surface area (Å²) in [4.78, 5) is 23.6. The lowest BCUT2D eigenvalue weighted by atomic mass is 10.1. The van der Waals surface area contributed by atoms with Crippen LogP contribution in [0, 0.1) is 5.82 Å². The predicted octanol–water partition coefficient (Wildman–Crippen LogP) is 3.15. The Morgan fingerprint density at radius 2 is 2.12 bits per heavy atom. The van der Waals surface area contributed by atoms with Crippen molar-refractivity contribution in [1.82, 2.24) is 9.88 Å². The van der Waals surface area contributed by atoms with E-state index in [9.17, 15) is 9.18 Å². The van der Waals surface area contributed by atoms with E-state index in [0.29, 0.717) is 25.9 Å². The lowest BCUT2D eigenvalue weighted by Gasteiger charge is -2.24. The summed E-state index contributed by atoms with van der Waals surface area (Å²) >= 11 is 0. The molecule has 2 heterocycles. The van der Waals surface area contributed by atoms with E-state index in [1.165, 1.54) is 12.1 Å². The predicted molar refractivity (Wildman–Crippen MR) is 92.4 cm³/mol. The van der Waals surface area contributed by atoms with Crippen molar-refractivity contribution in [2.24, 2.45) is 5.16 Å². The van der Waals surface area contributed by atoms with Crippen molar-refractivity contribution in [3.8, 4) is 0 Å². The Labute approximate surface area is 146 Å². The minimum atomic E-state index is -0.286. The fourth-order valence-electron chi connectivity index (χ4n) is 2.76. The van der Waals surface area contributed by atoms with Gasteiger partial charge in [0.05, 0.1) is 12.3 Å². The molecule has 0 saturated carbocycles. The number of carbonyl (C=O) groups excluding carboxylic acids is 1. The van der Waals surface area contributed by atoms with Crippen molar-refractivity contribution in [3.63, 3.8) is 0 Å². The molecule has 0 spiro atoms. The van der Waals surface area contributed by atoms with Crippen LogP contribution < -0.4 is 0 Å². The number of pyridine rings is 1. The highest BCUT2D eigenvalue weighted by Gasteiger charge is 2.26. The van der Waals surface area contributed by atoms with Gasteiger partial charge in [-0.25, -0.2) is 4.39 Å². The highest BCUT2D eigenvalue weighted by molar-refractivity contribution is 6.01. The Morgan fingerprint density at radius 1 is 1.32 bits per heavy atom. The minimum Gasteiger partial charge on any atom is -0.390 e. The van der Waals surface area contributed by atoms with Crippen LogP contribution in [0.15, 0.2) is 53.9 Å². The fourth-order valence-corrected chi connectivity index (χ4v) is 2.76. The van der Waals surface area contributed by atoms with Crippen LogP contribution in [0.4, 0.5) is 4.39 Å². The van der Waals surface area contributed by atoms with Gasteiger partial charge in [-0.2, -0.15) is 0 Å². The van der Waals surface area contributed by atoms with Gasteiger partial charge >= 0.3 is 0 Å². The Balaban J connectivity index is 1.63. The van der Waals surface area contributed by atoms with Crippen molar-refractivity contribution in [2.75, 3.05) is 6.54 Å². The summed E-state index contributed by atoms with van der Waals surface area (Å²) in [6.07, 6.45) is 4.30. The first kappa shape index (κ1) is 17.1. The molecular weight excluding hydrogens is 321 g/mol. The third kappa shape index (κ3) is 4.41. The maximum Gasteiger partial charge on any atom is 0.222 e. The average molecular weight is 341 g/mol. The largest absolute Gasteiger partial charge is 0.390 e. The van der Waals surface area contributed by atoms with Gasteiger partial charge in [-0.15, -0.1) is 0 Å². The Morgan fingerprint density at radius 3 is 2.80 bits per heavy atom. The molecule has 1 atom stereocenters. The Bertz CT molecular complexity index is 747. The second-order valence-electron chi connectivity index (χ2n) is 5.97. The summed E-state index contributed by atoms with van der Waals surface area (Å²) in [6, 6.07) is 9.98. The van der Waals surface area contributed by atoms with E-state index in [2.05, 4.69) is 10.1 Å². The molecule has 2 aromatic rings. The van der Waals surface area contributed by atoms with E-state index < -0.39 is 0 Å². The molecule has 1 amide bonds. The molecule has 130 valence electrons. The number of benzene rings is 1. The van der Waals surface area contributed by atoms with Crippen molar-refractivity contribution < 1.29 is 14.0 Å². The minimum absolute atomic E-state index is 0.0303. The van der Waals surface area contributed by atoms with Crippen LogP contribution >= 0.6 is 0 Å². The lowest BCUT2D eigenvalue weighted by Crippen LogP contribution is -2.36. The summed E-state index contributed by atoms with van der Waals surface area (Å²) in [5.41, 5.74) is 2.65. The number of halogens is 1. The summed E-state index contributed by atoms with van der Waals surface area (Å²) in [5.74, 6) is -0.256. The summed E-state index contributed by atoms with van der Waals surface area (Å²) in [5, 5.41) is 4.13. The van der Waals surface area contributed by atoms with Crippen molar-refractivity contribution in [3.05, 3.63) is 65.7 Å². The fraction of sp³-hybridized carbons (Fsp3) is 0.316. The van der Waals surface area contributed by atoms with Crippen LogP contribution in [0.2, 0.25) is 0 Å². The first-order valence-electron chi connectivity index (χ1n) is 8.31. The zero-order valence-corrected chi connectivity index (χ0v) is 14.1. The zero-order chi connectivity index (χ0) is 17.6. The number of rotatable bonds is 6. The lowest BCUT2D eigenvalue weighted by molar-refractivity contribution is -0.133. The molecule has 0 aliphatic carbocycles. The van der Waals surface area contributed by atoms with Gasteiger partial charge in [-0.1, -0.05) is 24.2 Å². The van der Waals surface area contributed by atoms with Crippen LogP contribution in [-0.4, -0.2) is 34.2 Å². The molecule has 0 N–H and O–H groups in total. The molecule has 0 fully saturated rings. The van der Waals surface area contributed by atoms with Gasteiger partial charge in [-0.3, -0.25) is 9.78 Å². The second-order valence-corrected chi connectivity index (χ2v) is 5.97. The van der Waals surface area contributed by atoms with E-state index in [-0.39, 0.29) is 17.8 Å². The average Bonchev–Trinajstić information content (AvgIpc) is 3.11. The standard InChI is InChI=1S/C19H20FN3O2/c1-2-19(24)23(12-14-5-7-16(20)8-6-14)13-17-10-18(22-25-17)15-4-3-9-21-11-15/h3-9,11,17H,2,10,12-13H2,1H3/t17-/m0/s1. The van der Waals surface area contributed by atoms with Crippen molar-refractivity contribution in [1.29, 1.82) is 0 Å². The molecule has 0 saturated heterocycles. The molecule has 1 aromatic carbocycles. The van der Waals surface area contributed by atoms with Crippen LogP contribution in [0.5, 0.6) is 0 Å². The molecule has 5 nitrogen and oxygen atoms in total. The molecule has 0 bridgehead atoms. The number of aromatic nitrogens is 1. The van der Waals surface area contributed by atoms with E-state index >= 15 is 0 Å². The van der Waals surface area contributed by atoms with Crippen molar-refractivity contribution >= 4 is 11.6 Å². The van der Waals surface area contributed by atoms with Gasteiger partial charge in [0, 0.05) is 37.3 Å². The highest BCUT2D eigenvalue weighted by Crippen LogP contribution is 2.18. The van der Waals surface area contributed by atoms with Crippen LogP contribution in [0.1, 0.15) is 30.9 Å². The first-order valence-corrected chi connectivity index (χ1v) is 8.31. The number of oxime groups is 1. The second kappa shape index (κ2) is 7.88. The maximum absolute atomic E-state index is 13.1. The SMILES string of the molecule is CCC(=O)N(Cc1ccc(F)cc1)C[C@@H]1CC(c2cccnc2)=NO1. The van der Waals surface area contributed by atoms with Gasteiger partial charge in [0.1, 0.15) is 5.82 Å². The maximum atomic E-state index is 13.1. The number of hydrogen-bond acceptors (Lipinski definition) is 4. The van der Waals surface area contributed by atoms with E-state index in [1.54, 1.807) is 29.4 Å². The van der Waals surface area contributed by atoms with Gasteiger partial charge in [0.2, 0.25) is 5.91 Å². The topological polar surface area (TPSA) is 54.8 Å². The molecule has 1 aliphatic heterocycles. The number of hydrogen-bond donors (Lipinski definition) is 0. The first-order chi connectivity index (χ1) is 12.2. The smallest absolute Gasteiger partial charge is 0.222 e. The molecule has 6 heteroatoms. The van der Waals surface area contributed by atoms with Crippen LogP contribution in [-0.2, 0) is 16.2 Å². The summed E-state index contributed by atoms with van der Waals surface area (Å²) < 4.78 is 13.1. The quantitative estimate of drug-likeness (QED) is 0.811. The molecule has 0 radical (unpaired) electrons. The van der Waals surface area contributed by atoms with Gasteiger partial charge in [0.25, 0.3) is 0 Å². The Kier molecular flexibility index (Phi) is 5.38. The number of nitrogens with zero attached hydrogens (tertiary/aromatic N) is 3. The van der Waals surface area contributed by atoms with E-state index in [1.807, 2.05) is 19.1 Å². The van der Waals surface area contributed by atoms with E-state index in [4.69, 9.17) is 4.84 Å². The Hall–Kier alpha value is -2.76. The monoisotopic (exact) mass is 341 g/mol. The number of carbonyl (C=O) groups is 1. The normalized spacial score (nSPS) is 16.2. The molecule has 1 aromatic heterocycles. The van der Waals surface area contributed by atoms with Gasteiger partial charge < -0.3 is 9.74 Å². The molecule has 1 aliphatic rings. The summed E-state index contributed by atoms with van der Waals surface area (Å²) in [6.45, 7) is 2.69.